The molecule has 21 heavy (non-hydrogen) atoms. The van der Waals surface area contributed by atoms with E-state index in [0.717, 1.165) is 29.8 Å². The molecule has 2 aliphatic rings. The molecule has 2 nitrogen and oxygen atoms in total. The van der Waals surface area contributed by atoms with E-state index in [1.54, 1.807) is 0 Å². The van der Waals surface area contributed by atoms with Gasteiger partial charge in [0.25, 0.3) is 0 Å². The zero-order valence-corrected chi connectivity index (χ0v) is 14.9. The molecule has 1 aliphatic heterocycles. The number of unbranched alkanes of at least 4 members (excludes halogenated alkanes) is 1. The van der Waals surface area contributed by atoms with Crippen molar-refractivity contribution in [2.24, 2.45) is 17.8 Å². The van der Waals surface area contributed by atoms with Gasteiger partial charge in [0.05, 0.1) is 0 Å². The Morgan fingerprint density at radius 3 is 2.62 bits per heavy atom. The van der Waals surface area contributed by atoms with Crippen molar-refractivity contribution in [1.29, 1.82) is 0 Å². The van der Waals surface area contributed by atoms with Gasteiger partial charge in [-0.3, -0.25) is 4.90 Å². The molecule has 4 atom stereocenters. The fourth-order valence-electron chi connectivity index (χ4n) is 4.52. The molecule has 0 aromatic rings. The summed E-state index contributed by atoms with van der Waals surface area (Å²) in [6.07, 6.45) is 9.77. The number of hydrogen-bond acceptors (Lipinski definition) is 2. The zero-order chi connectivity index (χ0) is 15.2. The first-order chi connectivity index (χ1) is 10.1. The quantitative estimate of drug-likeness (QED) is 0.753. The maximum Gasteiger partial charge on any atom is 0.0195 e. The molecule has 2 rings (SSSR count). The highest BCUT2D eigenvalue weighted by Crippen LogP contribution is 2.36. The van der Waals surface area contributed by atoms with E-state index in [4.69, 9.17) is 0 Å². The molecular weight excluding hydrogens is 256 g/mol. The maximum atomic E-state index is 3.72. The van der Waals surface area contributed by atoms with Crippen molar-refractivity contribution in [1.82, 2.24) is 10.2 Å². The van der Waals surface area contributed by atoms with Crippen molar-refractivity contribution in [3.8, 4) is 0 Å². The molecule has 0 aromatic heterocycles. The van der Waals surface area contributed by atoms with Gasteiger partial charge in [0.1, 0.15) is 0 Å². The third-order valence-electron chi connectivity index (χ3n) is 5.87. The summed E-state index contributed by atoms with van der Waals surface area (Å²) in [5.41, 5.74) is 0. The Morgan fingerprint density at radius 1 is 1.19 bits per heavy atom. The van der Waals surface area contributed by atoms with Crippen LogP contribution in [0.25, 0.3) is 0 Å². The highest BCUT2D eigenvalue weighted by atomic mass is 15.2. The van der Waals surface area contributed by atoms with Crippen LogP contribution in [0, 0.1) is 17.8 Å². The smallest absolute Gasteiger partial charge is 0.0195 e. The molecular formula is C19H38N2. The average Bonchev–Trinajstić information content (AvgIpc) is 2.96. The molecule has 0 amide bonds. The highest BCUT2D eigenvalue weighted by Gasteiger charge is 2.35. The molecule has 2 heteroatoms. The Bertz CT molecular complexity index is 283. The maximum absolute atomic E-state index is 3.72. The molecule has 1 saturated heterocycles. The predicted molar refractivity (Wildman–Crippen MR) is 92.6 cm³/mol. The number of nitrogens with one attached hydrogen (secondary N) is 1. The minimum atomic E-state index is 0.756. The fourth-order valence-corrected chi connectivity index (χ4v) is 4.52. The van der Waals surface area contributed by atoms with Gasteiger partial charge >= 0.3 is 0 Å². The van der Waals surface area contributed by atoms with Crippen LogP contribution in [0.5, 0.6) is 0 Å². The van der Waals surface area contributed by atoms with Crippen LogP contribution in [0.3, 0.4) is 0 Å². The Balaban J connectivity index is 2.03. The van der Waals surface area contributed by atoms with Crippen molar-refractivity contribution in [3.05, 3.63) is 0 Å². The zero-order valence-electron chi connectivity index (χ0n) is 14.9. The second kappa shape index (κ2) is 8.53. The van der Waals surface area contributed by atoms with E-state index in [1.165, 1.54) is 64.6 Å². The third kappa shape index (κ3) is 4.96. The molecule has 0 aromatic carbocycles. The van der Waals surface area contributed by atoms with Crippen LogP contribution in [0.2, 0.25) is 0 Å². The van der Waals surface area contributed by atoms with E-state index in [9.17, 15) is 0 Å². The molecule has 0 radical (unpaired) electrons. The van der Waals surface area contributed by atoms with E-state index >= 15 is 0 Å². The summed E-state index contributed by atoms with van der Waals surface area (Å²) in [4.78, 5) is 2.88. The van der Waals surface area contributed by atoms with Gasteiger partial charge in [-0.2, -0.15) is 0 Å². The second-order valence-electron chi connectivity index (χ2n) is 8.04. The molecule has 0 bridgehead atoms. The van der Waals surface area contributed by atoms with Crippen molar-refractivity contribution in [2.75, 3.05) is 19.6 Å². The second-order valence-corrected chi connectivity index (χ2v) is 8.04. The van der Waals surface area contributed by atoms with E-state index in [2.05, 4.69) is 37.9 Å². The van der Waals surface area contributed by atoms with E-state index in [0.29, 0.717) is 0 Å². The number of nitrogens with zero attached hydrogens (tertiary/aromatic N) is 1. The first-order valence-electron chi connectivity index (χ1n) is 9.59. The lowest BCUT2D eigenvalue weighted by Gasteiger charge is -2.45. The number of hydrogen-bond donors (Lipinski definition) is 1. The normalized spacial score (nSPS) is 34.0. The summed E-state index contributed by atoms with van der Waals surface area (Å²) in [5, 5.41) is 3.72. The fraction of sp³-hybridized carbons (Fsp3) is 1.00. The lowest BCUT2D eigenvalue weighted by Crippen LogP contribution is -2.50. The van der Waals surface area contributed by atoms with Crippen LogP contribution < -0.4 is 5.32 Å². The van der Waals surface area contributed by atoms with Crippen LogP contribution in [0.4, 0.5) is 0 Å². The van der Waals surface area contributed by atoms with Crippen LogP contribution in [-0.4, -0.2) is 36.6 Å². The van der Waals surface area contributed by atoms with Gasteiger partial charge in [0.2, 0.25) is 0 Å². The van der Waals surface area contributed by atoms with Crippen LogP contribution >= 0.6 is 0 Å². The Morgan fingerprint density at radius 2 is 2.00 bits per heavy atom. The monoisotopic (exact) mass is 294 g/mol. The summed E-state index contributed by atoms with van der Waals surface area (Å²) in [5.74, 6) is 2.67. The first kappa shape index (κ1) is 17.3. The molecule has 1 aliphatic carbocycles. The average molecular weight is 295 g/mol. The van der Waals surface area contributed by atoms with Crippen molar-refractivity contribution in [3.63, 3.8) is 0 Å². The Labute approximate surface area is 133 Å². The summed E-state index contributed by atoms with van der Waals surface area (Å²) < 4.78 is 0. The minimum Gasteiger partial charge on any atom is -0.313 e. The molecule has 1 N–H and O–H groups in total. The molecule has 2 fully saturated rings. The van der Waals surface area contributed by atoms with Crippen molar-refractivity contribution < 1.29 is 0 Å². The molecule has 1 heterocycles. The van der Waals surface area contributed by atoms with Crippen molar-refractivity contribution in [2.45, 2.75) is 84.7 Å². The Kier molecular flexibility index (Phi) is 7.01. The highest BCUT2D eigenvalue weighted by molar-refractivity contribution is 4.90. The topological polar surface area (TPSA) is 15.3 Å². The van der Waals surface area contributed by atoms with Gasteiger partial charge in [-0.15, -0.1) is 0 Å². The lowest BCUT2D eigenvalue weighted by molar-refractivity contribution is 0.0525. The largest absolute Gasteiger partial charge is 0.313 e. The molecule has 0 spiro atoms. The van der Waals surface area contributed by atoms with Gasteiger partial charge in [-0.1, -0.05) is 40.5 Å². The first-order valence-corrected chi connectivity index (χ1v) is 9.59. The standard InChI is InChI=1S/C19H38N2/c1-5-6-12-21(14-17-8-7-11-20-17)19-13-16(4)9-10-18(19)15(2)3/h15-20H,5-14H2,1-4H3. The summed E-state index contributed by atoms with van der Waals surface area (Å²) in [6.45, 7) is 13.5. The summed E-state index contributed by atoms with van der Waals surface area (Å²) >= 11 is 0. The summed E-state index contributed by atoms with van der Waals surface area (Å²) in [6, 6.07) is 1.59. The number of rotatable bonds is 7. The predicted octanol–water partition coefficient (Wildman–Crippen LogP) is 4.30. The van der Waals surface area contributed by atoms with Crippen LogP contribution in [0.1, 0.15) is 72.6 Å². The summed E-state index contributed by atoms with van der Waals surface area (Å²) in [7, 11) is 0. The van der Waals surface area contributed by atoms with E-state index in [1.807, 2.05) is 0 Å². The SMILES string of the molecule is CCCCN(CC1CCCN1)C1CC(C)CCC1C(C)C. The van der Waals surface area contributed by atoms with E-state index in [-0.39, 0.29) is 0 Å². The lowest BCUT2D eigenvalue weighted by atomic mass is 9.73. The van der Waals surface area contributed by atoms with Crippen LogP contribution in [-0.2, 0) is 0 Å². The van der Waals surface area contributed by atoms with Gasteiger partial charge < -0.3 is 5.32 Å². The van der Waals surface area contributed by atoms with Gasteiger partial charge in [0, 0.05) is 18.6 Å². The molecule has 124 valence electrons. The van der Waals surface area contributed by atoms with E-state index < -0.39 is 0 Å². The van der Waals surface area contributed by atoms with Crippen molar-refractivity contribution >= 4 is 0 Å². The van der Waals surface area contributed by atoms with Crippen LogP contribution in [0.15, 0.2) is 0 Å². The molecule has 1 saturated carbocycles. The third-order valence-corrected chi connectivity index (χ3v) is 5.87. The van der Waals surface area contributed by atoms with Gasteiger partial charge in [0.15, 0.2) is 0 Å². The van der Waals surface area contributed by atoms with Gasteiger partial charge in [-0.25, -0.2) is 0 Å². The van der Waals surface area contributed by atoms with Gasteiger partial charge in [-0.05, 0) is 62.9 Å². The minimum absolute atomic E-state index is 0.756. The Hall–Kier alpha value is -0.0800. The molecule has 4 unspecified atom stereocenters.